The topological polar surface area (TPSA) is 34.1 Å². The summed E-state index contributed by atoms with van der Waals surface area (Å²) in [5.41, 5.74) is 0.675. The van der Waals surface area contributed by atoms with Gasteiger partial charge in [0.05, 0.1) is 0 Å². The minimum atomic E-state index is -2.69. The summed E-state index contributed by atoms with van der Waals surface area (Å²) in [6.45, 7) is 0. The summed E-state index contributed by atoms with van der Waals surface area (Å²) in [5, 5.41) is 2.37. The van der Waals surface area contributed by atoms with E-state index in [2.05, 4.69) is 0 Å². The van der Waals surface area contributed by atoms with Crippen molar-refractivity contribution in [1.82, 2.24) is 0 Å². The fourth-order valence-corrected chi connectivity index (χ4v) is 6.06. The van der Waals surface area contributed by atoms with E-state index in [-0.39, 0.29) is 5.78 Å². The molecule has 0 N–H and O–H groups in total. The lowest BCUT2D eigenvalue weighted by atomic mass is 10.1. The van der Waals surface area contributed by atoms with Crippen molar-refractivity contribution in [1.29, 1.82) is 0 Å². The SMILES string of the molecule is O=C(CCCCP(=O)(c1ccccc1)c1ccccc1)c1ccc(Cl)cc1. The number of hydrogen-bond donors (Lipinski definition) is 0. The fraction of sp³-hybridized carbons (Fsp3) is 0.174. The second-order valence-electron chi connectivity index (χ2n) is 6.52. The Morgan fingerprint density at radius 2 is 1.26 bits per heavy atom. The molecule has 3 aromatic rings. The molecule has 27 heavy (non-hydrogen) atoms. The third-order valence-corrected chi connectivity index (χ3v) is 8.10. The number of rotatable bonds is 8. The standard InChI is InChI=1S/C23H22ClO2P/c24-20-16-14-19(15-17-20)23(25)13-7-8-18-27(26,21-9-3-1-4-10-21)22-11-5-2-6-12-22/h1-6,9-12,14-17H,7-8,13,18H2. The number of carbonyl (C=O) groups excluding carboxylic acids is 1. The average molecular weight is 397 g/mol. The highest BCUT2D eigenvalue weighted by Gasteiger charge is 2.26. The van der Waals surface area contributed by atoms with Crippen LogP contribution in [0, 0.1) is 0 Å². The van der Waals surface area contributed by atoms with Crippen molar-refractivity contribution in [2.75, 3.05) is 6.16 Å². The van der Waals surface area contributed by atoms with E-state index >= 15 is 0 Å². The zero-order valence-electron chi connectivity index (χ0n) is 15.1. The molecule has 0 aliphatic carbocycles. The van der Waals surface area contributed by atoms with Crippen LogP contribution >= 0.6 is 18.7 Å². The quantitative estimate of drug-likeness (QED) is 0.278. The molecule has 0 amide bonds. The van der Waals surface area contributed by atoms with Crippen LogP contribution in [-0.4, -0.2) is 11.9 Å². The van der Waals surface area contributed by atoms with Crippen molar-refractivity contribution in [3.05, 3.63) is 95.5 Å². The first-order chi connectivity index (χ1) is 13.1. The Labute approximate surface area is 165 Å². The van der Waals surface area contributed by atoms with Crippen LogP contribution in [0.3, 0.4) is 0 Å². The summed E-state index contributed by atoms with van der Waals surface area (Å²) in [7, 11) is -2.69. The third kappa shape index (κ3) is 4.97. The van der Waals surface area contributed by atoms with Crippen LogP contribution in [0.15, 0.2) is 84.9 Å². The van der Waals surface area contributed by atoms with Gasteiger partial charge in [-0.05, 0) is 37.1 Å². The largest absolute Gasteiger partial charge is 0.314 e. The number of ketones is 1. The van der Waals surface area contributed by atoms with E-state index in [1.54, 1.807) is 24.3 Å². The van der Waals surface area contributed by atoms with Gasteiger partial charge in [0.2, 0.25) is 0 Å². The van der Waals surface area contributed by atoms with Crippen molar-refractivity contribution < 1.29 is 9.36 Å². The van der Waals surface area contributed by atoms with Crippen LogP contribution < -0.4 is 10.6 Å². The highest BCUT2D eigenvalue weighted by molar-refractivity contribution is 7.78. The summed E-state index contributed by atoms with van der Waals surface area (Å²) in [4.78, 5) is 12.3. The van der Waals surface area contributed by atoms with Gasteiger partial charge in [-0.3, -0.25) is 4.79 Å². The maximum Gasteiger partial charge on any atom is 0.162 e. The molecule has 0 aromatic heterocycles. The Balaban J connectivity index is 1.66. The van der Waals surface area contributed by atoms with Crippen molar-refractivity contribution in [2.45, 2.75) is 19.3 Å². The second kappa shape index (κ2) is 9.17. The zero-order chi connectivity index (χ0) is 19.1. The molecule has 0 spiro atoms. The maximum absolute atomic E-state index is 13.9. The molecule has 0 fully saturated rings. The van der Waals surface area contributed by atoms with E-state index in [1.807, 2.05) is 60.7 Å². The highest BCUT2D eigenvalue weighted by Crippen LogP contribution is 2.44. The van der Waals surface area contributed by atoms with Gasteiger partial charge in [-0.1, -0.05) is 72.3 Å². The summed E-state index contributed by atoms with van der Waals surface area (Å²) in [5.74, 6) is 0.0981. The Hall–Kier alpha value is -2.15. The molecular formula is C23H22ClO2P. The van der Waals surface area contributed by atoms with Gasteiger partial charge < -0.3 is 4.57 Å². The number of carbonyl (C=O) groups is 1. The fourth-order valence-electron chi connectivity index (χ4n) is 3.15. The molecule has 0 atom stereocenters. The van der Waals surface area contributed by atoms with E-state index in [9.17, 15) is 9.36 Å². The van der Waals surface area contributed by atoms with Crippen molar-refractivity contribution >= 4 is 35.1 Å². The molecule has 0 aliphatic heterocycles. The minimum absolute atomic E-state index is 0.0981. The summed E-state index contributed by atoms with van der Waals surface area (Å²) in [6.07, 6.45) is 2.46. The monoisotopic (exact) mass is 396 g/mol. The average Bonchev–Trinajstić information content (AvgIpc) is 2.72. The van der Waals surface area contributed by atoms with Gasteiger partial charge in [-0.25, -0.2) is 0 Å². The number of halogens is 1. The lowest BCUT2D eigenvalue weighted by Crippen LogP contribution is -2.18. The van der Waals surface area contributed by atoms with Gasteiger partial charge in [0.25, 0.3) is 0 Å². The number of Topliss-reactive ketones (excluding diaryl/α,β-unsaturated/α-hetero) is 1. The molecule has 3 rings (SSSR count). The predicted molar refractivity (Wildman–Crippen MR) is 114 cm³/mol. The van der Waals surface area contributed by atoms with Crippen molar-refractivity contribution in [2.24, 2.45) is 0 Å². The van der Waals surface area contributed by atoms with Crippen molar-refractivity contribution in [3.8, 4) is 0 Å². The van der Waals surface area contributed by atoms with Gasteiger partial charge in [-0.2, -0.15) is 0 Å². The molecule has 0 bridgehead atoms. The van der Waals surface area contributed by atoms with Crippen LogP contribution in [0.1, 0.15) is 29.6 Å². The first kappa shape index (κ1) is 19.6. The van der Waals surface area contributed by atoms with E-state index in [4.69, 9.17) is 11.6 Å². The lowest BCUT2D eigenvalue weighted by Gasteiger charge is -2.19. The summed E-state index contributed by atoms with van der Waals surface area (Å²) in [6, 6.07) is 26.3. The number of unbranched alkanes of at least 4 members (excludes halogenated alkanes) is 1. The van der Waals surface area contributed by atoms with E-state index < -0.39 is 7.14 Å². The van der Waals surface area contributed by atoms with Crippen LogP contribution in [-0.2, 0) is 4.57 Å². The van der Waals surface area contributed by atoms with Gasteiger partial charge in [0.15, 0.2) is 5.78 Å². The number of hydrogen-bond acceptors (Lipinski definition) is 2. The van der Waals surface area contributed by atoms with E-state index in [0.717, 1.165) is 17.0 Å². The van der Waals surface area contributed by atoms with Crippen LogP contribution in [0.4, 0.5) is 0 Å². The molecule has 0 heterocycles. The van der Waals surface area contributed by atoms with Crippen molar-refractivity contribution in [3.63, 3.8) is 0 Å². The predicted octanol–water partition coefficient (Wildman–Crippen LogP) is 5.71. The van der Waals surface area contributed by atoms with Gasteiger partial charge >= 0.3 is 0 Å². The van der Waals surface area contributed by atoms with Gasteiger partial charge in [0, 0.05) is 33.8 Å². The van der Waals surface area contributed by atoms with Gasteiger partial charge in [0.1, 0.15) is 7.14 Å². The normalized spacial score (nSPS) is 11.3. The molecular weight excluding hydrogens is 375 g/mol. The Morgan fingerprint density at radius 3 is 1.78 bits per heavy atom. The van der Waals surface area contributed by atoms with Crippen LogP contribution in [0.25, 0.3) is 0 Å². The Bertz CT molecular complexity index is 878. The first-order valence-electron chi connectivity index (χ1n) is 9.09. The number of benzene rings is 3. The Kier molecular flexibility index (Phi) is 6.66. The summed E-state index contributed by atoms with van der Waals surface area (Å²) >= 11 is 5.87. The molecule has 2 nitrogen and oxygen atoms in total. The molecule has 0 unspecified atom stereocenters. The molecule has 138 valence electrons. The van der Waals surface area contributed by atoms with E-state index in [1.165, 1.54) is 0 Å². The second-order valence-corrected chi connectivity index (χ2v) is 9.92. The Morgan fingerprint density at radius 1 is 0.741 bits per heavy atom. The van der Waals surface area contributed by atoms with Gasteiger partial charge in [-0.15, -0.1) is 0 Å². The minimum Gasteiger partial charge on any atom is -0.314 e. The maximum atomic E-state index is 13.9. The lowest BCUT2D eigenvalue weighted by molar-refractivity contribution is 0.0980. The smallest absolute Gasteiger partial charge is 0.162 e. The molecule has 4 heteroatoms. The first-order valence-corrected chi connectivity index (χ1v) is 11.4. The van der Waals surface area contributed by atoms with Crippen LogP contribution in [0.2, 0.25) is 5.02 Å². The third-order valence-electron chi connectivity index (χ3n) is 4.64. The molecule has 0 saturated carbocycles. The molecule has 0 radical (unpaired) electrons. The highest BCUT2D eigenvalue weighted by atomic mass is 35.5. The molecule has 0 saturated heterocycles. The van der Waals surface area contributed by atoms with E-state index in [0.29, 0.717) is 29.6 Å². The molecule has 0 aliphatic rings. The zero-order valence-corrected chi connectivity index (χ0v) is 16.7. The van der Waals surface area contributed by atoms with Crippen LogP contribution in [0.5, 0.6) is 0 Å². The summed E-state index contributed by atoms with van der Waals surface area (Å²) < 4.78 is 13.9. The molecule has 3 aromatic carbocycles.